The van der Waals surface area contributed by atoms with E-state index in [0.29, 0.717) is 16.9 Å². The standard InChI is InChI=1S/C21H17F3N4O4/c1-13-5-6-14(9-18(13)28(30)31)19-8-7-17(32-19)11-26-27-20(29)12-25-16-4-2-3-15(10-16)21(22,23)24/h2-11,25H,12H2,1H3,(H,27,29)/b26-11-. The Morgan fingerprint density at radius 3 is 2.69 bits per heavy atom. The highest BCUT2D eigenvalue weighted by Crippen LogP contribution is 2.30. The maximum Gasteiger partial charge on any atom is 0.416 e. The van der Waals surface area contributed by atoms with Crippen molar-refractivity contribution in [3.05, 3.63) is 81.6 Å². The van der Waals surface area contributed by atoms with Crippen LogP contribution in [0.4, 0.5) is 24.5 Å². The fourth-order valence-corrected chi connectivity index (χ4v) is 2.73. The van der Waals surface area contributed by atoms with Crippen LogP contribution in [-0.4, -0.2) is 23.6 Å². The predicted octanol–water partition coefficient (Wildman–Crippen LogP) is 4.74. The van der Waals surface area contributed by atoms with E-state index in [9.17, 15) is 28.1 Å². The smallest absolute Gasteiger partial charge is 0.416 e. The van der Waals surface area contributed by atoms with Gasteiger partial charge in [0.2, 0.25) is 0 Å². The van der Waals surface area contributed by atoms with Crippen LogP contribution < -0.4 is 10.7 Å². The SMILES string of the molecule is Cc1ccc(-c2ccc(/C=N\NC(=O)CNc3cccc(C(F)(F)F)c3)o2)cc1[N+](=O)[O-]. The summed E-state index contributed by atoms with van der Waals surface area (Å²) in [7, 11) is 0. The van der Waals surface area contributed by atoms with Crippen molar-refractivity contribution >= 4 is 23.5 Å². The Kier molecular flexibility index (Phi) is 6.57. The number of hydrazone groups is 1. The lowest BCUT2D eigenvalue weighted by Gasteiger charge is -2.09. The number of hydrogen-bond acceptors (Lipinski definition) is 6. The molecule has 0 radical (unpaired) electrons. The molecule has 0 unspecified atom stereocenters. The highest BCUT2D eigenvalue weighted by molar-refractivity contribution is 5.83. The van der Waals surface area contributed by atoms with Crippen molar-refractivity contribution in [2.75, 3.05) is 11.9 Å². The highest BCUT2D eigenvalue weighted by atomic mass is 19.4. The average Bonchev–Trinajstić information content (AvgIpc) is 3.21. The molecule has 0 aliphatic rings. The number of amides is 1. The van der Waals surface area contributed by atoms with Crippen LogP contribution in [0.5, 0.6) is 0 Å². The topological polar surface area (TPSA) is 110 Å². The average molecular weight is 446 g/mol. The molecule has 1 amide bonds. The second-order valence-electron chi connectivity index (χ2n) is 6.69. The molecule has 0 aliphatic heterocycles. The summed E-state index contributed by atoms with van der Waals surface area (Å²) >= 11 is 0. The third-order valence-electron chi connectivity index (χ3n) is 4.34. The van der Waals surface area contributed by atoms with Gasteiger partial charge in [0.25, 0.3) is 11.6 Å². The van der Waals surface area contributed by atoms with E-state index in [1.165, 1.54) is 24.4 Å². The third-order valence-corrected chi connectivity index (χ3v) is 4.34. The maximum absolute atomic E-state index is 12.7. The summed E-state index contributed by atoms with van der Waals surface area (Å²) in [5.74, 6) is 0.0843. The summed E-state index contributed by atoms with van der Waals surface area (Å²) in [5, 5.41) is 17.4. The fraction of sp³-hybridized carbons (Fsp3) is 0.143. The molecule has 0 fully saturated rings. The van der Waals surface area contributed by atoms with Gasteiger partial charge < -0.3 is 9.73 Å². The maximum atomic E-state index is 12.7. The van der Waals surface area contributed by atoms with E-state index in [1.54, 1.807) is 31.2 Å². The van der Waals surface area contributed by atoms with Gasteiger partial charge in [0.1, 0.15) is 11.5 Å². The van der Waals surface area contributed by atoms with Gasteiger partial charge in [-0.15, -0.1) is 0 Å². The quantitative estimate of drug-likeness (QED) is 0.309. The van der Waals surface area contributed by atoms with Crippen molar-refractivity contribution < 1.29 is 27.3 Å². The second kappa shape index (κ2) is 9.33. The molecule has 2 N–H and O–H groups in total. The van der Waals surface area contributed by atoms with Gasteiger partial charge in [0, 0.05) is 22.9 Å². The molecule has 166 valence electrons. The minimum atomic E-state index is -4.48. The molecule has 8 nitrogen and oxygen atoms in total. The Hall–Kier alpha value is -4.15. The van der Waals surface area contributed by atoms with E-state index >= 15 is 0 Å². The first-order chi connectivity index (χ1) is 15.1. The predicted molar refractivity (Wildman–Crippen MR) is 111 cm³/mol. The number of aryl methyl sites for hydroxylation is 1. The number of carbonyl (C=O) groups excluding carboxylic acids is 1. The van der Waals surface area contributed by atoms with Gasteiger partial charge >= 0.3 is 6.18 Å². The second-order valence-corrected chi connectivity index (χ2v) is 6.69. The molecule has 3 rings (SSSR count). The first-order valence-electron chi connectivity index (χ1n) is 9.22. The van der Waals surface area contributed by atoms with Crippen molar-refractivity contribution in [2.45, 2.75) is 13.1 Å². The zero-order chi connectivity index (χ0) is 23.3. The van der Waals surface area contributed by atoms with E-state index in [-0.39, 0.29) is 23.7 Å². The molecule has 1 heterocycles. The van der Waals surface area contributed by atoms with Crippen molar-refractivity contribution in [1.29, 1.82) is 0 Å². The van der Waals surface area contributed by atoms with Gasteiger partial charge in [0.15, 0.2) is 0 Å². The Morgan fingerprint density at radius 2 is 1.97 bits per heavy atom. The lowest BCUT2D eigenvalue weighted by molar-refractivity contribution is -0.385. The van der Waals surface area contributed by atoms with E-state index in [0.717, 1.165) is 12.1 Å². The van der Waals surface area contributed by atoms with Crippen LogP contribution in [0.25, 0.3) is 11.3 Å². The van der Waals surface area contributed by atoms with Gasteiger partial charge in [-0.1, -0.05) is 18.2 Å². The van der Waals surface area contributed by atoms with Crippen LogP contribution in [-0.2, 0) is 11.0 Å². The number of carbonyl (C=O) groups is 1. The number of halogens is 3. The van der Waals surface area contributed by atoms with Crippen LogP contribution >= 0.6 is 0 Å². The summed E-state index contributed by atoms with van der Waals surface area (Å²) in [4.78, 5) is 22.4. The molecule has 1 aromatic heterocycles. The Bertz CT molecular complexity index is 1170. The molecule has 0 aliphatic carbocycles. The largest absolute Gasteiger partial charge is 0.455 e. The summed E-state index contributed by atoms with van der Waals surface area (Å²) < 4.78 is 43.7. The summed E-state index contributed by atoms with van der Waals surface area (Å²) in [6, 6.07) is 12.3. The van der Waals surface area contributed by atoms with Gasteiger partial charge in [-0.3, -0.25) is 14.9 Å². The molecule has 3 aromatic rings. The van der Waals surface area contributed by atoms with E-state index < -0.39 is 22.6 Å². The van der Waals surface area contributed by atoms with Gasteiger partial charge in [0.05, 0.1) is 23.2 Å². The normalized spacial score (nSPS) is 11.5. The van der Waals surface area contributed by atoms with Crippen LogP contribution in [0.1, 0.15) is 16.9 Å². The summed E-state index contributed by atoms with van der Waals surface area (Å²) in [6.07, 6.45) is -3.25. The monoisotopic (exact) mass is 446 g/mol. The lowest BCUT2D eigenvalue weighted by Crippen LogP contribution is -2.26. The molecular formula is C21H17F3N4O4. The molecule has 0 saturated heterocycles. The van der Waals surface area contributed by atoms with Crippen molar-refractivity contribution in [2.24, 2.45) is 5.10 Å². The van der Waals surface area contributed by atoms with Crippen LogP contribution in [0.15, 0.2) is 64.1 Å². The number of nitro benzene ring substituents is 1. The molecular weight excluding hydrogens is 429 g/mol. The molecule has 0 atom stereocenters. The van der Waals surface area contributed by atoms with Gasteiger partial charge in [-0.2, -0.15) is 18.3 Å². The number of benzene rings is 2. The Morgan fingerprint density at radius 1 is 1.19 bits per heavy atom. The number of nitro groups is 1. The first-order valence-corrected chi connectivity index (χ1v) is 9.22. The number of nitrogens with zero attached hydrogens (tertiary/aromatic N) is 2. The number of nitrogens with one attached hydrogen (secondary N) is 2. The van der Waals surface area contributed by atoms with Crippen molar-refractivity contribution in [3.8, 4) is 11.3 Å². The Balaban J connectivity index is 1.56. The number of anilines is 1. The molecule has 0 bridgehead atoms. The lowest BCUT2D eigenvalue weighted by atomic mass is 10.1. The zero-order valence-corrected chi connectivity index (χ0v) is 16.6. The van der Waals surface area contributed by atoms with Crippen LogP contribution in [0, 0.1) is 17.0 Å². The zero-order valence-electron chi connectivity index (χ0n) is 16.6. The highest BCUT2D eigenvalue weighted by Gasteiger charge is 2.30. The third kappa shape index (κ3) is 5.72. The minimum Gasteiger partial charge on any atom is -0.455 e. The van der Waals surface area contributed by atoms with Crippen LogP contribution in [0.2, 0.25) is 0 Å². The van der Waals surface area contributed by atoms with Gasteiger partial charge in [-0.25, -0.2) is 5.43 Å². The van der Waals surface area contributed by atoms with Crippen LogP contribution in [0.3, 0.4) is 0 Å². The fourth-order valence-electron chi connectivity index (χ4n) is 2.73. The summed E-state index contributed by atoms with van der Waals surface area (Å²) in [6.45, 7) is 1.34. The number of rotatable bonds is 7. The Labute approximate surface area is 179 Å². The number of hydrogen-bond donors (Lipinski definition) is 2. The number of alkyl halides is 3. The number of furan rings is 1. The molecule has 32 heavy (non-hydrogen) atoms. The van der Waals surface area contributed by atoms with Gasteiger partial charge in [-0.05, 0) is 37.3 Å². The summed E-state index contributed by atoms with van der Waals surface area (Å²) in [5.41, 5.74) is 2.54. The first kappa shape index (κ1) is 22.5. The molecule has 2 aromatic carbocycles. The molecule has 11 heteroatoms. The molecule has 0 spiro atoms. The molecule has 0 saturated carbocycles. The van der Waals surface area contributed by atoms with E-state index in [4.69, 9.17) is 4.42 Å². The van der Waals surface area contributed by atoms with Crippen molar-refractivity contribution in [1.82, 2.24) is 5.43 Å². The van der Waals surface area contributed by atoms with E-state index in [1.807, 2.05) is 0 Å². The van der Waals surface area contributed by atoms with Crippen molar-refractivity contribution in [3.63, 3.8) is 0 Å². The van der Waals surface area contributed by atoms with E-state index in [2.05, 4.69) is 15.8 Å². The minimum absolute atomic E-state index is 0.0327.